The van der Waals surface area contributed by atoms with Crippen LogP contribution in [0, 0.1) is 0 Å². The van der Waals surface area contributed by atoms with Gasteiger partial charge in [0.1, 0.15) is 6.61 Å². The zero-order valence-electron chi connectivity index (χ0n) is 6.68. The quantitative estimate of drug-likeness (QED) is 0.171. The lowest BCUT2D eigenvalue weighted by Crippen LogP contribution is -1.98. The molecule has 74 valence electrons. The monoisotopic (exact) mass is 241 g/mol. The van der Waals surface area contributed by atoms with Crippen LogP contribution in [0.5, 0.6) is 0 Å². The second kappa shape index (κ2) is 9.85. The minimum Gasteiger partial charge on any atom is -0.453 e. The average molecular weight is 242 g/mol. The van der Waals surface area contributed by atoms with Gasteiger partial charge in [-0.2, -0.15) is 0 Å². The number of azide groups is 1. The Kier molecular flexibility index (Phi) is 9.68. The minimum absolute atomic E-state index is 0.307. The van der Waals surface area contributed by atoms with E-state index in [0.717, 1.165) is 5.75 Å². The molecule has 0 radical (unpaired) electrons. The van der Waals surface area contributed by atoms with Gasteiger partial charge in [-0.05, 0) is 5.53 Å². The average Bonchev–Trinajstić information content (AvgIpc) is 2.09. The van der Waals surface area contributed by atoms with E-state index in [1.54, 1.807) is 21.6 Å². The molecule has 13 heavy (non-hydrogen) atoms. The summed E-state index contributed by atoms with van der Waals surface area (Å²) in [6.07, 6.45) is 0. The first-order chi connectivity index (χ1) is 6.27. The zero-order chi connectivity index (χ0) is 9.94. The van der Waals surface area contributed by atoms with E-state index in [-0.39, 0.29) is 0 Å². The summed E-state index contributed by atoms with van der Waals surface area (Å²) in [4.78, 5) is 12.7. The van der Waals surface area contributed by atoms with E-state index in [9.17, 15) is 4.79 Å². The molecular weight excluding hydrogens is 234 g/mol. The van der Waals surface area contributed by atoms with E-state index in [0.29, 0.717) is 18.9 Å². The van der Waals surface area contributed by atoms with Gasteiger partial charge in [-0.3, -0.25) is 0 Å². The van der Waals surface area contributed by atoms with Crippen LogP contribution in [0.15, 0.2) is 5.11 Å². The van der Waals surface area contributed by atoms with Crippen LogP contribution in [-0.2, 0) is 4.74 Å². The van der Waals surface area contributed by atoms with E-state index in [2.05, 4.69) is 14.8 Å². The molecule has 0 saturated carbocycles. The van der Waals surface area contributed by atoms with Gasteiger partial charge < -0.3 is 4.74 Å². The molecule has 0 aliphatic heterocycles. The van der Waals surface area contributed by atoms with Crippen LogP contribution in [0.25, 0.3) is 10.4 Å². The summed E-state index contributed by atoms with van der Waals surface area (Å²) >= 11 is 4.93. The summed E-state index contributed by atoms with van der Waals surface area (Å²) in [6.45, 7) is 0.783. The summed E-state index contributed by atoms with van der Waals surface area (Å²) in [5.74, 6) is 1.43. The third-order valence-electron chi connectivity index (χ3n) is 0.803. The molecule has 0 aromatic rings. The first kappa shape index (κ1) is 12.8. The first-order valence-electron chi connectivity index (χ1n) is 3.35. The van der Waals surface area contributed by atoms with E-state index >= 15 is 0 Å². The molecule has 0 aliphatic rings. The lowest BCUT2D eigenvalue weighted by molar-refractivity contribution is 0.181. The van der Waals surface area contributed by atoms with Crippen LogP contribution in [0.2, 0.25) is 0 Å². The Bertz CT molecular complexity index is 192. The molecule has 0 bridgehead atoms. The molecule has 0 amide bonds. The highest BCUT2D eigenvalue weighted by molar-refractivity contribution is 8.76. The highest BCUT2D eigenvalue weighted by Crippen LogP contribution is 2.20. The highest BCUT2D eigenvalue weighted by atomic mass is 35.5. The SMILES string of the molecule is [N-]=[N+]=NCCSSCCOC(=O)Cl. The van der Waals surface area contributed by atoms with E-state index < -0.39 is 5.43 Å². The van der Waals surface area contributed by atoms with Gasteiger partial charge in [0.2, 0.25) is 0 Å². The fourth-order valence-corrected chi connectivity index (χ4v) is 2.15. The highest BCUT2D eigenvalue weighted by Gasteiger charge is 1.95. The van der Waals surface area contributed by atoms with Crippen molar-refractivity contribution in [2.45, 2.75) is 0 Å². The van der Waals surface area contributed by atoms with Gasteiger partial charge in [0, 0.05) is 34.6 Å². The Morgan fingerprint density at radius 1 is 1.54 bits per heavy atom. The summed E-state index contributed by atoms with van der Waals surface area (Å²) in [5.41, 5.74) is 7.16. The van der Waals surface area contributed by atoms with Crippen LogP contribution >= 0.6 is 33.2 Å². The van der Waals surface area contributed by atoms with Crippen LogP contribution in [0.3, 0.4) is 0 Å². The van der Waals surface area contributed by atoms with E-state index in [1.165, 1.54) is 0 Å². The Labute approximate surface area is 88.6 Å². The maximum absolute atomic E-state index is 10.1. The third-order valence-corrected chi connectivity index (χ3v) is 3.26. The third kappa shape index (κ3) is 11.8. The van der Waals surface area contributed by atoms with Crippen molar-refractivity contribution in [3.8, 4) is 0 Å². The summed E-state index contributed by atoms with van der Waals surface area (Å²) in [7, 11) is 3.11. The number of hydrogen-bond acceptors (Lipinski definition) is 5. The molecule has 8 heteroatoms. The van der Waals surface area contributed by atoms with Gasteiger partial charge in [0.15, 0.2) is 0 Å². The lowest BCUT2D eigenvalue weighted by atomic mass is 10.8. The molecule has 0 aromatic heterocycles. The Hall–Kier alpha value is -0.230. The van der Waals surface area contributed by atoms with Crippen molar-refractivity contribution in [1.29, 1.82) is 0 Å². The molecule has 0 heterocycles. The molecule has 0 atom stereocenters. The Morgan fingerprint density at radius 2 is 2.23 bits per heavy atom. The first-order valence-corrected chi connectivity index (χ1v) is 6.21. The molecule has 0 aliphatic carbocycles. The smallest absolute Gasteiger partial charge is 0.403 e. The minimum atomic E-state index is -0.778. The molecule has 5 nitrogen and oxygen atoms in total. The number of carbonyl (C=O) groups is 1. The fraction of sp³-hybridized carbons (Fsp3) is 0.800. The van der Waals surface area contributed by atoms with Crippen LogP contribution < -0.4 is 0 Å². The van der Waals surface area contributed by atoms with Gasteiger partial charge in [0.25, 0.3) is 0 Å². The number of nitrogens with zero attached hydrogens (tertiary/aromatic N) is 3. The largest absolute Gasteiger partial charge is 0.453 e. The summed E-state index contributed by atoms with van der Waals surface area (Å²) < 4.78 is 4.48. The van der Waals surface area contributed by atoms with E-state index in [4.69, 9.17) is 17.1 Å². The van der Waals surface area contributed by atoms with Gasteiger partial charge in [0.05, 0.1) is 0 Å². The molecule has 0 spiro atoms. The normalized spacial score (nSPS) is 9.00. The van der Waals surface area contributed by atoms with Gasteiger partial charge in [-0.1, -0.05) is 26.7 Å². The van der Waals surface area contributed by atoms with Crippen molar-refractivity contribution in [2.75, 3.05) is 24.7 Å². The predicted octanol–water partition coefficient (Wildman–Crippen LogP) is 3.05. The van der Waals surface area contributed by atoms with Crippen molar-refractivity contribution in [3.63, 3.8) is 0 Å². The number of halogens is 1. The maximum atomic E-state index is 10.1. The molecule has 0 rings (SSSR count). The van der Waals surface area contributed by atoms with Gasteiger partial charge >= 0.3 is 5.43 Å². The van der Waals surface area contributed by atoms with Crippen molar-refractivity contribution in [3.05, 3.63) is 10.4 Å². The number of carbonyl (C=O) groups excluding carboxylic acids is 1. The molecule has 0 saturated heterocycles. The molecule has 0 N–H and O–H groups in total. The van der Waals surface area contributed by atoms with Crippen molar-refractivity contribution in [1.82, 2.24) is 0 Å². The van der Waals surface area contributed by atoms with Crippen molar-refractivity contribution < 1.29 is 9.53 Å². The topological polar surface area (TPSA) is 75.1 Å². The second-order valence-electron chi connectivity index (χ2n) is 1.68. The van der Waals surface area contributed by atoms with Gasteiger partial charge in [-0.25, -0.2) is 4.79 Å². The molecule has 0 aromatic carbocycles. The Morgan fingerprint density at radius 3 is 2.85 bits per heavy atom. The molecule has 0 unspecified atom stereocenters. The summed E-state index contributed by atoms with van der Waals surface area (Å²) in [5, 5.41) is 3.36. The fourth-order valence-electron chi connectivity index (χ4n) is 0.397. The lowest BCUT2D eigenvalue weighted by Gasteiger charge is -1.98. The Balaban J connectivity index is 2.99. The van der Waals surface area contributed by atoms with Crippen molar-refractivity contribution >= 4 is 38.6 Å². The number of ether oxygens (including phenoxy) is 1. The van der Waals surface area contributed by atoms with Crippen LogP contribution in [-0.4, -0.2) is 30.1 Å². The van der Waals surface area contributed by atoms with Gasteiger partial charge in [-0.15, -0.1) is 0 Å². The molecular formula is C5H8ClN3O2S2. The standard InChI is InChI=1S/C5H8ClN3O2S2/c6-5(10)11-2-4-13-12-3-1-8-9-7/h1-4H2. The molecule has 0 fully saturated rings. The van der Waals surface area contributed by atoms with Crippen molar-refractivity contribution in [2.24, 2.45) is 5.11 Å². The maximum Gasteiger partial charge on any atom is 0.403 e. The van der Waals surface area contributed by atoms with Crippen LogP contribution in [0.1, 0.15) is 0 Å². The summed E-state index contributed by atoms with van der Waals surface area (Å²) in [6, 6.07) is 0. The predicted molar refractivity (Wildman–Crippen MR) is 56.1 cm³/mol. The van der Waals surface area contributed by atoms with E-state index in [1.807, 2.05) is 0 Å². The number of rotatable bonds is 7. The second-order valence-corrected chi connectivity index (χ2v) is 4.70. The number of hydrogen-bond donors (Lipinski definition) is 0. The zero-order valence-corrected chi connectivity index (χ0v) is 9.07. The van der Waals surface area contributed by atoms with Crippen LogP contribution in [0.4, 0.5) is 4.79 Å².